The predicted molar refractivity (Wildman–Crippen MR) is 80.7 cm³/mol. The van der Waals surface area contributed by atoms with Gasteiger partial charge in [0.15, 0.2) is 0 Å². The van der Waals surface area contributed by atoms with Gasteiger partial charge in [-0.1, -0.05) is 13.8 Å². The first-order chi connectivity index (χ1) is 9.33. The Labute approximate surface area is 122 Å². The molecule has 0 saturated carbocycles. The van der Waals surface area contributed by atoms with Crippen molar-refractivity contribution in [2.75, 3.05) is 6.54 Å². The summed E-state index contributed by atoms with van der Waals surface area (Å²) < 4.78 is 0. The number of hydrogen-bond donors (Lipinski definition) is 2. The molecule has 0 aromatic heterocycles. The van der Waals surface area contributed by atoms with Gasteiger partial charge in [-0.15, -0.1) is 0 Å². The molecule has 0 bridgehead atoms. The van der Waals surface area contributed by atoms with E-state index in [0.717, 1.165) is 12.8 Å². The van der Waals surface area contributed by atoms with Gasteiger partial charge in [0, 0.05) is 18.5 Å². The lowest BCUT2D eigenvalue weighted by Gasteiger charge is -2.32. The molecule has 0 heterocycles. The van der Waals surface area contributed by atoms with Gasteiger partial charge < -0.3 is 10.4 Å². The van der Waals surface area contributed by atoms with E-state index in [2.05, 4.69) is 24.1 Å². The summed E-state index contributed by atoms with van der Waals surface area (Å²) in [6.07, 6.45) is 2.56. The monoisotopic (exact) mass is 286 g/mol. The van der Waals surface area contributed by atoms with E-state index in [4.69, 9.17) is 5.11 Å². The van der Waals surface area contributed by atoms with Crippen LogP contribution in [0.5, 0.6) is 0 Å². The molecular formula is C15H30N2O3. The van der Waals surface area contributed by atoms with Crippen molar-refractivity contribution in [3.63, 3.8) is 0 Å². The zero-order chi connectivity index (χ0) is 15.7. The molecule has 0 aliphatic rings. The van der Waals surface area contributed by atoms with Gasteiger partial charge in [-0.2, -0.15) is 0 Å². The number of carbonyl (C=O) groups is 2. The minimum absolute atomic E-state index is 0.0303. The first-order valence-electron chi connectivity index (χ1n) is 7.61. The molecule has 0 saturated heterocycles. The van der Waals surface area contributed by atoms with Crippen molar-refractivity contribution in [2.24, 2.45) is 0 Å². The third-order valence-electron chi connectivity index (χ3n) is 3.68. The molecule has 0 aliphatic heterocycles. The van der Waals surface area contributed by atoms with Crippen LogP contribution in [-0.4, -0.2) is 46.6 Å². The minimum atomic E-state index is -0.789. The van der Waals surface area contributed by atoms with E-state index in [1.165, 1.54) is 0 Å². The number of hydrogen-bond acceptors (Lipinski definition) is 3. The second kappa shape index (κ2) is 9.75. The average Bonchev–Trinajstić information content (AvgIpc) is 2.39. The number of carboxylic acids is 1. The SMILES string of the molecule is CCC(CC)NC(=O)C(C)N(CCCC(=O)O)C(C)C. The Kier molecular flexibility index (Phi) is 9.21. The van der Waals surface area contributed by atoms with Crippen LogP contribution in [0.4, 0.5) is 0 Å². The number of rotatable bonds is 10. The van der Waals surface area contributed by atoms with Crippen LogP contribution in [0.2, 0.25) is 0 Å². The third kappa shape index (κ3) is 6.89. The molecule has 2 N–H and O–H groups in total. The van der Waals surface area contributed by atoms with Crippen LogP contribution in [0.15, 0.2) is 0 Å². The summed E-state index contributed by atoms with van der Waals surface area (Å²) in [6.45, 7) is 10.7. The Morgan fingerprint density at radius 2 is 1.70 bits per heavy atom. The number of amides is 1. The van der Waals surface area contributed by atoms with Gasteiger partial charge in [-0.25, -0.2) is 0 Å². The van der Waals surface area contributed by atoms with Gasteiger partial charge in [-0.3, -0.25) is 14.5 Å². The van der Waals surface area contributed by atoms with Crippen LogP contribution in [0.1, 0.15) is 60.3 Å². The maximum atomic E-state index is 12.2. The van der Waals surface area contributed by atoms with Crippen molar-refractivity contribution >= 4 is 11.9 Å². The molecule has 0 fully saturated rings. The normalized spacial score (nSPS) is 13.0. The summed E-state index contributed by atoms with van der Waals surface area (Å²) >= 11 is 0. The first kappa shape index (κ1) is 18.9. The topological polar surface area (TPSA) is 69.6 Å². The van der Waals surface area contributed by atoms with E-state index < -0.39 is 5.97 Å². The maximum absolute atomic E-state index is 12.2. The highest BCUT2D eigenvalue weighted by Crippen LogP contribution is 2.09. The van der Waals surface area contributed by atoms with Crippen molar-refractivity contribution in [1.82, 2.24) is 10.2 Å². The van der Waals surface area contributed by atoms with Crippen LogP contribution in [-0.2, 0) is 9.59 Å². The number of aliphatic carboxylic acids is 1. The fraction of sp³-hybridized carbons (Fsp3) is 0.867. The Balaban J connectivity index is 4.50. The summed E-state index contributed by atoms with van der Waals surface area (Å²) in [4.78, 5) is 24.9. The molecule has 20 heavy (non-hydrogen) atoms. The van der Waals surface area contributed by atoms with E-state index in [-0.39, 0.29) is 30.5 Å². The smallest absolute Gasteiger partial charge is 0.303 e. The summed E-state index contributed by atoms with van der Waals surface area (Å²) in [7, 11) is 0. The van der Waals surface area contributed by atoms with E-state index in [1.807, 2.05) is 20.8 Å². The summed E-state index contributed by atoms with van der Waals surface area (Å²) in [5.74, 6) is -0.759. The van der Waals surface area contributed by atoms with Crippen LogP contribution < -0.4 is 5.32 Å². The lowest BCUT2D eigenvalue weighted by Crippen LogP contribution is -2.50. The highest BCUT2D eigenvalue weighted by atomic mass is 16.4. The fourth-order valence-electron chi connectivity index (χ4n) is 2.28. The summed E-state index contributed by atoms with van der Waals surface area (Å²) in [5, 5.41) is 11.8. The van der Waals surface area contributed by atoms with Crippen LogP contribution in [0.25, 0.3) is 0 Å². The van der Waals surface area contributed by atoms with Crippen LogP contribution in [0, 0.1) is 0 Å². The van der Waals surface area contributed by atoms with Gasteiger partial charge in [0.05, 0.1) is 6.04 Å². The Bertz CT molecular complexity index is 301. The van der Waals surface area contributed by atoms with Crippen molar-refractivity contribution in [3.05, 3.63) is 0 Å². The zero-order valence-electron chi connectivity index (χ0n) is 13.5. The Morgan fingerprint density at radius 3 is 2.10 bits per heavy atom. The highest BCUT2D eigenvalue weighted by molar-refractivity contribution is 5.81. The molecule has 0 aliphatic carbocycles. The highest BCUT2D eigenvalue weighted by Gasteiger charge is 2.24. The van der Waals surface area contributed by atoms with E-state index in [9.17, 15) is 9.59 Å². The molecule has 5 heteroatoms. The third-order valence-corrected chi connectivity index (χ3v) is 3.68. The fourth-order valence-corrected chi connectivity index (χ4v) is 2.28. The molecule has 5 nitrogen and oxygen atoms in total. The molecule has 118 valence electrons. The van der Waals surface area contributed by atoms with E-state index in [1.54, 1.807) is 0 Å². The van der Waals surface area contributed by atoms with Gasteiger partial charge >= 0.3 is 5.97 Å². The number of carbonyl (C=O) groups excluding carboxylic acids is 1. The van der Waals surface area contributed by atoms with Crippen molar-refractivity contribution in [1.29, 1.82) is 0 Å². The average molecular weight is 286 g/mol. The van der Waals surface area contributed by atoms with E-state index in [0.29, 0.717) is 13.0 Å². The van der Waals surface area contributed by atoms with E-state index >= 15 is 0 Å². The van der Waals surface area contributed by atoms with Gasteiger partial charge in [0.25, 0.3) is 0 Å². The van der Waals surface area contributed by atoms with Crippen molar-refractivity contribution < 1.29 is 14.7 Å². The Morgan fingerprint density at radius 1 is 1.15 bits per heavy atom. The van der Waals surface area contributed by atoms with Gasteiger partial charge in [-0.05, 0) is 46.6 Å². The zero-order valence-corrected chi connectivity index (χ0v) is 13.5. The lowest BCUT2D eigenvalue weighted by atomic mass is 10.1. The molecule has 1 atom stereocenters. The molecule has 0 aromatic carbocycles. The lowest BCUT2D eigenvalue weighted by molar-refractivity contribution is -0.137. The standard InChI is InChI=1S/C15H30N2O3/c1-6-13(7-2)16-15(20)12(5)17(11(3)4)10-8-9-14(18)19/h11-13H,6-10H2,1-5H3,(H,16,20)(H,18,19). The quantitative estimate of drug-likeness (QED) is 0.646. The number of nitrogens with one attached hydrogen (secondary N) is 1. The van der Waals surface area contributed by atoms with Crippen molar-refractivity contribution in [3.8, 4) is 0 Å². The molecule has 0 radical (unpaired) electrons. The molecule has 1 unspecified atom stereocenters. The number of carboxylic acid groups (broad SMARTS) is 1. The predicted octanol–water partition coefficient (Wildman–Crippen LogP) is 2.25. The molecule has 1 amide bonds. The van der Waals surface area contributed by atoms with Crippen LogP contribution >= 0.6 is 0 Å². The van der Waals surface area contributed by atoms with Gasteiger partial charge in [0.2, 0.25) is 5.91 Å². The maximum Gasteiger partial charge on any atom is 0.303 e. The largest absolute Gasteiger partial charge is 0.481 e. The minimum Gasteiger partial charge on any atom is -0.481 e. The molecular weight excluding hydrogens is 256 g/mol. The summed E-state index contributed by atoms with van der Waals surface area (Å²) in [6, 6.07) is 0.202. The Hall–Kier alpha value is -1.10. The number of nitrogens with zero attached hydrogens (tertiary/aromatic N) is 1. The molecule has 0 spiro atoms. The first-order valence-corrected chi connectivity index (χ1v) is 7.61. The van der Waals surface area contributed by atoms with Crippen LogP contribution in [0.3, 0.4) is 0 Å². The second-order valence-electron chi connectivity index (χ2n) is 5.53. The van der Waals surface area contributed by atoms with Gasteiger partial charge in [0.1, 0.15) is 0 Å². The molecule has 0 aromatic rings. The second-order valence-corrected chi connectivity index (χ2v) is 5.53. The van der Waals surface area contributed by atoms with Crippen molar-refractivity contribution in [2.45, 2.75) is 78.4 Å². The summed E-state index contributed by atoms with van der Waals surface area (Å²) in [5.41, 5.74) is 0. The molecule has 0 rings (SSSR count).